The van der Waals surface area contributed by atoms with Gasteiger partial charge in [0.2, 0.25) is 0 Å². The molecule has 0 spiro atoms. The summed E-state index contributed by atoms with van der Waals surface area (Å²) >= 11 is 0. The molecule has 58 heavy (non-hydrogen) atoms. The van der Waals surface area contributed by atoms with Gasteiger partial charge in [-0.15, -0.1) is 0 Å². The van der Waals surface area contributed by atoms with Gasteiger partial charge in [-0.2, -0.15) is 0 Å². The molecule has 0 unspecified atom stereocenters. The van der Waals surface area contributed by atoms with E-state index in [9.17, 15) is 0 Å². The Morgan fingerprint density at radius 2 is 0.448 bits per heavy atom. The number of hydrogen-bond donors (Lipinski definition) is 0. The molecule has 4 nitrogen and oxygen atoms in total. The first-order valence-corrected chi connectivity index (χ1v) is 23.3. The lowest BCUT2D eigenvalue weighted by molar-refractivity contribution is 0.304. The Bertz CT molecular complexity index is 1390. The van der Waals surface area contributed by atoms with Gasteiger partial charge in [-0.1, -0.05) is 179 Å². The average Bonchev–Trinajstić information content (AvgIpc) is 3.26. The van der Waals surface area contributed by atoms with Gasteiger partial charge in [0.05, 0.1) is 26.4 Å². The third-order valence-electron chi connectivity index (χ3n) is 10.9. The minimum absolute atomic E-state index is 0.747. The fourth-order valence-electron chi connectivity index (χ4n) is 7.36. The van der Waals surface area contributed by atoms with Crippen LogP contribution in [0.5, 0.6) is 23.0 Å². The zero-order chi connectivity index (χ0) is 40.9. The van der Waals surface area contributed by atoms with Crippen LogP contribution < -0.4 is 18.9 Å². The van der Waals surface area contributed by atoms with Crippen LogP contribution >= 0.6 is 0 Å². The molecule has 0 saturated heterocycles. The Morgan fingerprint density at radius 3 is 0.638 bits per heavy atom. The van der Waals surface area contributed by atoms with Crippen molar-refractivity contribution in [1.29, 1.82) is 0 Å². The molecule has 4 rings (SSSR count). The summed E-state index contributed by atoms with van der Waals surface area (Å²) in [6.45, 7) is 12.0. The van der Waals surface area contributed by atoms with E-state index >= 15 is 0 Å². The minimum atomic E-state index is 0.747. The molecule has 0 fully saturated rings. The zero-order valence-electron chi connectivity index (χ0n) is 36.8. The molecular formula is C54H76O4. The first kappa shape index (κ1) is 46.5. The average molecular weight is 789 g/mol. The highest BCUT2D eigenvalue weighted by Gasteiger charge is 2.18. The van der Waals surface area contributed by atoms with Crippen LogP contribution in [0.2, 0.25) is 0 Å². The molecule has 316 valence electrons. The summed E-state index contributed by atoms with van der Waals surface area (Å²) in [6, 6.07) is 34.8. The van der Waals surface area contributed by atoms with Crippen molar-refractivity contribution in [2.45, 2.75) is 156 Å². The second kappa shape index (κ2) is 29.1. The van der Waals surface area contributed by atoms with E-state index in [1.165, 1.54) is 103 Å². The van der Waals surface area contributed by atoms with E-state index in [1.807, 2.05) is 0 Å². The number of benzene rings is 4. The second-order valence-corrected chi connectivity index (χ2v) is 15.9. The number of hydrogen-bond acceptors (Lipinski definition) is 4. The second-order valence-electron chi connectivity index (χ2n) is 15.9. The molecule has 0 atom stereocenters. The summed E-state index contributed by atoms with van der Waals surface area (Å²) in [5.41, 5.74) is 6.85. The van der Waals surface area contributed by atoms with Crippen molar-refractivity contribution in [3.8, 4) is 23.0 Å². The molecule has 0 saturated carbocycles. The maximum atomic E-state index is 6.23. The molecule has 0 radical (unpaired) electrons. The SMILES string of the molecule is CCCCCCCOc1ccc(C(=C(c2ccc(OCCCCCCC)cc2)c2ccc(OCCCCCCC)cc2)c2ccc(OCCCCCCC)cc2)cc1. The molecule has 0 amide bonds. The van der Waals surface area contributed by atoms with Gasteiger partial charge in [0.1, 0.15) is 23.0 Å². The van der Waals surface area contributed by atoms with Gasteiger partial charge in [0.15, 0.2) is 0 Å². The van der Waals surface area contributed by atoms with Crippen molar-refractivity contribution < 1.29 is 18.9 Å². The molecule has 0 N–H and O–H groups in total. The maximum Gasteiger partial charge on any atom is 0.119 e. The van der Waals surface area contributed by atoms with Crippen LogP contribution in [0.25, 0.3) is 11.1 Å². The summed E-state index contributed by atoms with van der Waals surface area (Å²) in [6.07, 6.45) is 24.5. The van der Waals surface area contributed by atoms with Crippen molar-refractivity contribution in [3.63, 3.8) is 0 Å². The summed E-state index contributed by atoms with van der Waals surface area (Å²) in [5.74, 6) is 3.65. The number of ether oxygens (including phenoxy) is 4. The summed E-state index contributed by atoms with van der Waals surface area (Å²) < 4.78 is 24.9. The Balaban J connectivity index is 1.68. The molecular weight excluding hydrogens is 713 g/mol. The zero-order valence-corrected chi connectivity index (χ0v) is 36.8. The first-order chi connectivity index (χ1) is 28.7. The molecule has 0 aliphatic heterocycles. The van der Waals surface area contributed by atoms with Crippen molar-refractivity contribution in [3.05, 3.63) is 119 Å². The molecule has 0 aliphatic rings. The van der Waals surface area contributed by atoms with Crippen LogP contribution in [0, 0.1) is 0 Å². The van der Waals surface area contributed by atoms with E-state index < -0.39 is 0 Å². The molecule has 4 aromatic rings. The fourth-order valence-corrected chi connectivity index (χ4v) is 7.36. The van der Waals surface area contributed by atoms with Crippen LogP contribution in [0.4, 0.5) is 0 Å². The van der Waals surface area contributed by atoms with Gasteiger partial charge in [-0.05, 0) is 108 Å². The van der Waals surface area contributed by atoms with Gasteiger partial charge >= 0.3 is 0 Å². The quantitative estimate of drug-likeness (QED) is 0.0365. The van der Waals surface area contributed by atoms with Crippen LogP contribution in [-0.2, 0) is 0 Å². The normalized spacial score (nSPS) is 11.0. The van der Waals surface area contributed by atoms with Crippen molar-refractivity contribution in [2.75, 3.05) is 26.4 Å². The Kier molecular flexibility index (Phi) is 23.3. The Hall–Kier alpha value is -4.18. The van der Waals surface area contributed by atoms with E-state index in [0.29, 0.717) is 0 Å². The van der Waals surface area contributed by atoms with Crippen LogP contribution in [0.3, 0.4) is 0 Å². The van der Waals surface area contributed by atoms with Crippen LogP contribution in [0.1, 0.15) is 178 Å². The largest absolute Gasteiger partial charge is 0.494 e. The highest BCUT2D eigenvalue weighted by Crippen LogP contribution is 2.39. The summed E-state index contributed by atoms with van der Waals surface area (Å²) in [4.78, 5) is 0. The summed E-state index contributed by atoms with van der Waals surface area (Å²) in [7, 11) is 0. The van der Waals surface area contributed by atoms with Crippen molar-refractivity contribution >= 4 is 11.1 Å². The predicted molar refractivity (Wildman–Crippen MR) is 248 cm³/mol. The predicted octanol–water partition coefficient (Wildman–Crippen LogP) is 16.1. The molecule has 4 heteroatoms. The van der Waals surface area contributed by atoms with Crippen molar-refractivity contribution in [1.82, 2.24) is 0 Å². The standard InChI is InChI=1S/C54H76O4/c1-5-9-13-17-21-41-55-49-33-25-45(26-34-49)53(46-27-35-50(36-28-46)56-42-22-18-14-10-6-2)54(47-29-37-51(38-30-47)57-43-23-19-15-11-7-3)48-31-39-52(40-32-48)58-44-24-20-16-12-8-4/h25-40H,5-24,41-44H2,1-4H3. The van der Waals surface area contributed by atoms with Gasteiger partial charge < -0.3 is 18.9 Å². The van der Waals surface area contributed by atoms with E-state index in [2.05, 4.69) is 125 Å². The van der Waals surface area contributed by atoms with E-state index in [1.54, 1.807) is 0 Å². The summed E-state index contributed by atoms with van der Waals surface area (Å²) in [5, 5.41) is 0. The first-order valence-electron chi connectivity index (χ1n) is 23.3. The van der Waals surface area contributed by atoms with E-state index in [0.717, 1.165) is 109 Å². The smallest absolute Gasteiger partial charge is 0.119 e. The molecule has 0 aliphatic carbocycles. The lowest BCUT2D eigenvalue weighted by Crippen LogP contribution is -2.01. The Labute approximate surface area is 353 Å². The highest BCUT2D eigenvalue weighted by atomic mass is 16.5. The highest BCUT2D eigenvalue weighted by molar-refractivity contribution is 6.04. The molecule has 0 bridgehead atoms. The van der Waals surface area contributed by atoms with Gasteiger partial charge in [-0.25, -0.2) is 0 Å². The molecule has 0 heterocycles. The van der Waals surface area contributed by atoms with Gasteiger partial charge in [-0.3, -0.25) is 0 Å². The van der Waals surface area contributed by atoms with Crippen LogP contribution in [0.15, 0.2) is 97.1 Å². The van der Waals surface area contributed by atoms with Gasteiger partial charge in [0.25, 0.3) is 0 Å². The molecule has 4 aromatic carbocycles. The number of unbranched alkanes of at least 4 members (excludes halogenated alkanes) is 16. The van der Waals surface area contributed by atoms with Crippen molar-refractivity contribution in [2.24, 2.45) is 0 Å². The monoisotopic (exact) mass is 789 g/mol. The topological polar surface area (TPSA) is 36.9 Å². The Morgan fingerprint density at radius 1 is 0.259 bits per heavy atom. The van der Waals surface area contributed by atoms with Gasteiger partial charge in [0, 0.05) is 0 Å². The lowest BCUT2D eigenvalue weighted by atomic mass is 9.85. The van der Waals surface area contributed by atoms with Crippen LogP contribution in [-0.4, -0.2) is 26.4 Å². The minimum Gasteiger partial charge on any atom is -0.494 e. The number of rotatable bonds is 32. The third-order valence-corrected chi connectivity index (χ3v) is 10.9. The molecule has 0 aromatic heterocycles. The third kappa shape index (κ3) is 17.4. The van der Waals surface area contributed by atoms with E-state index in [-0.39, 0.29) is 0 Å². The lowest BCUT2D eigenvalue weighted by Gasteiger charge is -2.19. The fraction of sp³-hybridized carbons (Fsp3) is 0.519. The van der Waals surface area contributed by atoms with E-state index in [4.69, 9.17) is 18.9 Å². The maximum absolute atomic E-state index is 6.23.